The fraction of sp³-hybridized carbons (Fsp3) is 0.233. The van der Waals surface area contributed by atoms with E-state index in [1.165, 1.54) is 15.7 Å². The summed E-state index contributed by atoms with van der Waals surface area (Å²) >= 11 is 7.50. The molecule has 2 aliphatic heterocycles. The summed E-state index contributed by atoms with van der Waals surface area (Å²) in [5.74, 6) is -0.552. The van der Waals surface area contributed by atoms with Crippen LogP contribution in [0.2, 0.25) is 5.15 Å². The molecule has 6 rings (SSSR count). The third kappa shape index (κ3) is 6.21. The van der Waals surface area contributed by atoms with E-state index in [-0.39, 0.29) is 33.9 Å². The molecule has 2 fully saturated rings. The van der Waals surface area contributed by atoms with Crippen molar-refractivity contribution in [2.75, 3.05) is 31.1 Å². The Labute approximate surface area is 257 Å². The van der Waals surface area contributed by atoms with Gasteiger partial charge in [0.2, 0.25) is 0 Å². The standard InChI is InChI=1S/C30H30ClN9O2S/c31-24-26(33)37-25(32)23(36-24)27(41)38-29-34-17-30(39-29)12-14-40(15-13-30)28(42)20-10-8-18(9-11-20)16-35-43-22-7-3-5-19-4-1-2-6-21(19)22/h1-11,35H,12-17H2,(H4,32,33,37)(H2,34,38,39,41). The predicted molar refractivity (Wildman–Crippen MR) is 170 cm³/mol. The topological polar surface area (TPSA) is 164 Å². The van der Waals surface area contributed by atoms with E-state index in [4.69, 9.17) is 23.1 Å². The van der Waals surface area contributed by atoms with Crippen LogP contribution in [0.3, 0.4) is 0 Å². The highest BCUT2D eigenvalue weighted by Crippen LogP contribution is 2.27. The molecule has 13 heteroatoms. The van der Waals surface area contributed by atoms with E-state index in [1.54, 1.807) is 11.9 Å². The number of nitrogen functional groups attached to an aromatic ring is 2. The second kappa shape index (κ2) is 12.1. The van der Waals surface area contributed by atoms with Crippen LogP contribution in [-0.2, 0) is 6.54 Å². The van der Waals surface area contributed by atoms with Crippen LogP contribution in [-0.4, -0.2) is 57.8 Å². The van der Waals surface area contributed by atoms with Crippen LogP contribution in [0.25, 0.3) is 10.8 Å². The monoisotopic (exact) mass is 615 g/mol. The highest BCUT2D eigenvalue weighted by molar-refractivity contribution is 7.97. The van der Waals surface area contributed by atoms with Gasteiger partial charge in [0, 0.05) is 36.6 Å². The van der Waals surface area contributed by atoms with Crippen molar-refractivity contribution in [3.05, 3.63) is 88.7 Å². The number of hydrogen-bond donors (Lipinski definition) is 5. The number of fused-ring (bicyclic) bond motifs is 1. The molecular formula is C30H30ClN9O2S. The van der Waals surface area contributed by atoms with Gasteiger partial charge in [-0.15, -0.1) is 0 Å². The maximum Gasteiger partial charge on any atom is 0.302 e. The third-order valence-electron chi connectivity index (χ3n) is 7.72. The van der Waals surface area contributed by atoms with E-state index in [1.807, 2.05) is 41.3 Å². The second-order valence-corrected chi connectivity index (χ2v) is 11.8. The molecule has 0 atom stereocenters. The number of halogens is 1. The number of nitrogens with two attached hydrogens (primary N) is 2. The van der Waals surface area contributed by atoms with Crippen molar-refractivity contribution in [2.24, 2.45) is 4.99 Å². The molecule has 3 heterocycles. The first-order valence-corrected chi connectivity index (χ1v) is 15.0. The lowest BCUT2D eigenvalue weighted by Gasteiger charge is -2.38. The quantitative estimate of drug-likeness (QED) is 0.202. The van der Waals surface area contributed by atoms with Gasteiger partial charge in [0.1, 0.15) is 0 Å². The maximum atomic E-state index is 13.2. The molecule has 1 spiro atoms. The maximum absolute atomic E-state index is 13.2. The van der Waals surface area contributed by atoms with E-state index in [9.17, 15) is 9.59 Å². The highest BCUT2D eigenvalue weighted by Gasteiger charge is 2.41. The van der Waals surface area contributed by atoms with Crippen LogP contribution in [0.4, 0.5) is 11.6 Å². The Morgan fingerprint density at radius 2 is 1.74 bits per heavy atom. The van der Waals surface area contributed by atoms with Gasteiger partial charge in [-0.2, -0.15) is 4.99 Å². The van der Waals surface area contributed by atoms with Gasteiger partial charge in [-0.25, -0.2) is 9.97 Å². The molecule has 1 aromatic heterocycles. The molecule has 220 valence electrons. The Hall–Kier alpha value is -4.39. The molecule has 0 radical (unpaired) electrons. The number of aromatic nitrogens is 2. The minimum absolute atomic E-state index is 0.00351. The predicted octanol–water partition coefficient (Wildman–Crippen LogP) is 3.61. The van der Waals surface area contributed by atoms with Gasteiger partial charge in [-0.05, 0) is 59.3 Å². The van der Waals surface area contributed by atoms with Crippen molar-refractivity contribution >= 4 is 63.7 Å². The van der Waals surface area contributed by atoms with E-state index in [2.05, 4.69) is 60.6 Å². The van der Waals surface area contributed by atoms with Gasteiger partial charge >= 0.3 is 5.91 Å². The second-order valence-electron chi connectivity index (χ2n) is 10.5. The van der Waals surface area contributed by atoms with Crippen LogP contribution in [0.5, 0.6) is 0 Å². The molecular weight excluding hydrogens is 586 g/mol. The number of nitrogens with one attached hydrogen (secondary N) is 3. The Morgan fingerprint density at radius 1 is 1.00 bits per heavy atom. The van der Waals surface area contributed by atoms with Crippen LogP contribution in [0.1, 0.15) is 39.3 Å². The minimum Gasteiger partial charge on any atom is -0.382 e. The lowest BCUT2D eigenvalue weighted by Crippen LogP contribution is -2.53. The Bertz CT molecular complexity index is 1720. The molecule has 4 aromatic rings. The number of likely N-dealkylation sites (tertiary alicyclic amines) is 1. The third-order valence-corrected chi connectivity index (χ3v) is 8.86. The molecule has 3 aromatic carbocycles. The number of guanidine groups is 1. The number of rotatable bonds is 6. The van der Waals surface area contributed by atoms with Crippen molar-refractivity contribution in [3.63, 3.8) is 0 Å². The molecule has 0 saturated carbocycles. The summed E-state index contributed by atoms with van der Waals surface area (Å²) in [7, 11) is 0. The number of hydrogen-bond acceptors (Lipinski definition) is 8. The molecule has 43 heavy (non-hydrogen) atoms. The molecule has 0 unspecified atom stereocenters. The zero-order chi connectivity index (χ0) is 30.0. The molecule has 0 aliphatic carbocycles. The SMILES string of the molecule is Nc1nc(N)c(C(=O)/N=C2\NCC3(CCN(C(=O)c4ccc(CNSc5cccc6ccccc56)cc4)CC3)N2)nc1Cl. The number of benzene rings is 3. The fourth-order valence-corrected chi connectivity index (χ4v) is 6.25. The average molecular weight is 616 g/mol. The smallest absolute Gasteiger partial charge is 0.302 e. The van der Waals surface area contributed by atoms with Crippen LogP contribution in [0.15, 0.2) is 76.6 Å². The largest absolute Gasteiger partial charge is 0.382 e. The Balaban J connectivity index is 1.00. The van der Waals surface area contributed by atoms with E-state index >= 15 is 0 Å². The van der Waals surface area contributed by atoms with Crippen molar-refractivity contribution in [2.45, 2.75) is 29.8 Å². The zero-order valence-corrected chi connectivity index (χ0v) is 24.7. The van der Waals surface area contributed by atoms with Crippen molar-refractivity contribution in [3.8, 4) is 0 Å². The van der Waals surface area contributed by atoms with Crippen LogP contribution >= 0.6 is 23.5 Å². The number of aliphatic imine (C=N–C) groups is 1. The molecule has 2 amide bonds. The minimum atomic E-state index is -0.683. The first-order valence-electron chi connectivity index (χ1n) is 13.8. The molecule has 2 saturated heterocycles. The summed E-state index contributed by atoms with van der Waals surface area (Å²) in [4.78, 5) is 40.7. The number of amides is 2. The molecule has 7 N–H and O–H groups in total. The first-order chi connectivity index (χ1) is 20.8. The first kappa shape index (κ1) is 28.7. The number of piperidine rings is 1. The summed E-state index contributed by atoms with van der Waals surface area (Å²) in [5, 5.41) is 8.79. The Morgan fingerprint density at radius 3 is 2.53 bits per heavy atom. The zero-order valence-electron chi connectivity index (χ0n) is 23.1. The molecule has 11 nitrogen and oxygen atoms in total. The lowest BCUT2D eigenvalue weighted by atomic mass is 9.88. The summed E-state index contributed by atoms with van der Waals surface area (Å²) < 4.78 is 3.44. The summed E-state index contributed by atoms with van der Waals surface area (Å²) in [6.07, 6.45) is 1.39. The Kier molecular flexibility index (Phi) is 8.06. The van der Waals surface area contributed by atoms with Gasteiger partial charge in [-0.3, -0.25) is 14.3 Å². The number of nitrogens with zero attached hydrogens (tertiary/aromatic N) is 4. The number of carbonyl (C=O) groups is 2. The van der Waals surface area contributed by atoms with Crippen LogP contribution < -0.4 is 26.8 Å². The van der Waals surface area contributed by atoms with Gasteiger partial charge in [0.25, 0.3) is 5.91 Å². The van der Waals surface area contributed by atoms with Gasteiger partial charge in [-0.1, -0.05) is 60.1 Å². The average Bonchev–Trinajstić information content (AvgIpc) is 3.40. The van der Waals surface area contributed by atoms with Crippen LogP contribution in [0, 0.1) is 0 Å². The fourth-order valence-electron chi connectivity index (χ4n) is 5.28. The van der Waals surface area contributed by atoms with Gasteiger partial charge < -0.3 is 27.0 Å². The number of anilines is 2. The van der Waals surface area contributed by atoms with Gasteiger partial charge in [0.05, 0.1) is 5.54 Å². The van der Waals surface area contributed by atoms with Gasteiger partial charge in [0.15, 0.2) is 28.4 Å². The summed E-state index contributed by atoms with van der Waals surface area (Å²) in [6, 6.07) is 22.4. The summed E-state index contributed by atoms with van der Waals surface area (Å²) in [5.41, 5.74) is 12.6. The number of carbonyl (C=O) groups excluding carboxylic acids is 2. The van der Waals surface area contributed by atoms with Crippen molar-refractivity contribution in [1.82, 2.24) is 30.2 Å². The highest BCUT2D eigenvalue weighted by atomic mass is 35.5. The van der Waals surface area contributed by atoms with Crippen molar-refractivity contribution < 1.29 is 9.59 Å². The lowest BCUT2D eigenvalue weighted by molar-refractivity contribution is 0.0669. The molecule has 0 bridgehead atoms. The van der Waals surface area contributed by atoms with Crippen molar-refractivity contribution in [1.29, 1.82) is 0 Å². The normalized spacial score (nSPS) is 16.8. The van der Waals surface area contributed by atoms with E-state index < -0.39 is 5.91 Å². The van der Waals surface area contributed by atoms with E-state index in [0.29, 0.717) is 50.5 Å². The summed E-state index contributed by atoms with van der Waals surface area (Å²) in [6.45, 7) is 2.39. The van der Waals surface area contributed by atoms with E-state index in [0.717, 1.165) is 5.56 Å². The molecule has 2 aliphatic rings.